The van der Waals surface area contributed by atoms with Gasteiger partial charge >= 0.3 is 11.9 Å². The average molecular weight is 478 g/mol. The highest BCUT2D eigenvalue weighted by Crippen LogP contribution is 2.21. The van der Waals surface area contributed by atoms with Crippen LogP contribution in [0.15, 0.2) is 48.5 Å². The van der Waals surface area contributed by atoms with Crippen molar-refractivity contribution in [2.75, 3.05) is 0 Å². The summed E-state index contributed by atoms with van der Waals surface area (Å²) in [6.07, 6.45) is 0.768. The van der Waals surface area contributed by atoms with Gasteiger partial charge in [0.05, 0.1) is 6.04 Å². The lowest BCUT2D eigenvalue weighted by atomic mass is 10.00. The number of carboxylic acid groups (broad SMARTS) is 2. The third kappa shape index (κ3) is 9.07. The number of nitrogens with one attached hydrogen (secondary N) is 1. The van der Waals surface area contributed by atoms with Gasteiger partial charge < -0.3 is 26.1 Å². The van der Waals surface area contributed by atoms with E-state index in [0.717, 1.165) is 23.8 Å². The minimum absolute atomic E-state index is 0.0101. The highest BCUT2D eigenvalue weighted by Gasteiger charge is 2.26. The Labute approximate surface area is 195 Å². The fourth-order valence-electron chi connectivity index (χ4n) is 3.00. The van der Waals surface area contributed by atoms with Crippen molar-refractivity contribution in [2.45, 2.75) is 44.7 Å². The maximum Gasteiger partial charge on any atom is 0.326 e. The first-order valence-electron chi connectivity index (χ1n) is 10.4. The normalized spacial score (nSPS) is 13.1. The molecule has 0 spiro atoms. The van der Waals surface area contributed by atoms with Crippen LogP contribution in [-0.4, -0.2) is 46.4 Å². The van der Waals surface area contributed by atoms with Crippen LogP contribution in [0.25, 0.3) is 0 Å². The largest absolute Gasteiger partial charge is 0.480 e. The Morgan fingerprint density at radius 2 is 1.53 bits per heavy atom. The van der Waals surface area contributed by atoms with E-state index in [9.17, 15) is 33.1 Å². The van der Waals surface area contributed by atoms with Crippen LogP contribution in [0.5, 0.6) is 0 Å². The molecule has 2 aromatic rings. The van der Waals surface area contributed by atoms with E-state index in [1.807, 2.05) is 44.2 Å². The van der Waals surface area contributed by atoms with Crippen molar-refractivity contribution in [3.8, 4) is 0 Å². The Bertz CT molecular complexity index is 964. The predicted octanol–water partition coefficient (Wildman–Crippen LogP) is 2.50. The summed E-state index contributed by atoms with van der Waals surface area (Å²) >= 11 is 0. The SMILES string of the molecule is CC(C)C[C@H](N)C(=O)N[C@@H](Cc1ccccc1)C(=O)O.O=CC(C(=O)O)c1c(F)cccc1F. The second kappa shape index (κ2) is 13.8. The minimum atomic E-state index is -1.80. The van der Waals surface area contributed by atoms with E-state index in [4.69, 9.17) is 10.8 Å². The predicted molar refractivity (Wildman–Crippen MR) is 120 cm³/mol. The first-order valence-corrected chi connectivity index (χ1v) is 10.4. The number of aliphatic carboxylic acids is 2. The maximum absolute atomic E-state index is 13.0. The third-order valence-corrected chi connectivity index (χ3v) is 4.67. The van der Waals surface area contributed by atoms with Crippen molar-refractivity contribution in [2.24, 2.45) is 11.7 Å². The van der Waals surface area contributed by atoms with Crippen molar-refractivity contribution in [1.82, 2.24) is 5.32 Å². The van der Waals surface area contributed by atoms with Crippen LogP contribution in [0.1, 0.15) is 37.3 Å². The van der Waals surface area contributed by atoms with Crippen LogP contribution in [0.3, 0.4) is 0 Å². The van der Waals surface area contributed by atoms with Crippen molar-refractivity contribution in [1.29, 1.82) is 0 Å². The molecule has 0 aliphatic carbocycles. The lowest BCUT2D eigenvalue weighted by Gasteiger charge is -2.19. The molecule has 0 bridgehead atoms. The van der Waals surface area contributed by atoms with E-state index in [0.29, 0.717) is 6.42 Å². The minimum Gasteiger partial charge on any atom is -0.480 e. The van der Waals surface area contributed by atoms with Gasteiger partial charge in [-0.15, -0.1) is 0 Å². The Morgan fingerprint density at radius 1 is 0.971 bits per heavy atom. The number of halogens is 2. The number of carboxylic acids is 2. The number of rotatable bonds is 10. The zero-order chi connectivity index (χ0) is 25.8. The standard InChI is InChI=1S/C15H22N2O3.C9H6F2O3/c1-10(2)8-12(16)14(18)17-13(15(19)20)9-11-6-4-3-5-7-11;10-6-2-1-3-7(11)8(6)5(4-12)9(13)14/h3-7,10,12-13H,8-9,16H2,1-2H3,(H,17,18)(H,19,20);1-5H,(H,13,14)/t12-,13-;/m0./s1. The fraction of sp³-hybridized carbons (Fsp3) is 0.333. The van der Waals surface area contributed by atoms with Crippen molar-refractivity contribution < 1.29 is 38.2 Å². The summed E-state index contributed by atoms with van der Waals surface area (Å²) in [5, 5.41) is 20.2. The van der Waals surface area contributed by atoms with Crippen LogP contribution >= 0.6 is 0 Å². The van der Waals surface area contributed by atoms with Gasteiger partial charge in [-0.2, -0.15) is 0 Å². The Morgan fingerprint density at radius 3 is 1.97 bits per heavy atom. The van der Waals surface area contributed by atoms with Gasteiger partial charge in [0.25, 0.3) is 0 Å². The van der Waals surface area contributed by atoms with Gasteiger partial charge in [-0.05, 0) is 30.0 Å². The van der Waals surface area contributed by atoms with Crippen molar-refractivity contribution >= 4 is 24.1 Å². The van der Waals surface area contributed by atoms with Crippen LogP contribution in [0.4, 0.5) is 8.78 Å². The summed E-state index contributed by atoms with van der Waals surface area (Å²) in [7, 11) is 0. The van der Waals surface area contributed by atoms with E-state index in [1.165, 1.54) is 0 Å². The molecule has 5 N–H and O–H groups in total. The molecule has 10 heteroatoms. The molecule has 3 atom stereocenters. The van der Waals surface area contributed by atoms with E-state index in [-0.39, 0.29) is 18.6 Å². The summed E-state index contributed by atoms with van der Waals surface area (Å²) in [5.41, 5.74) is 5.89. The highest BCUT2D eigenvalue weighted by atomic mass is 19.1. The average Bonchev–Trinajstić information content (AvgIpc) is 2.76. The summed E-state index contributed by atoms with van der Waals surface area (Å²) < 4.78 is 26.0. The molecular formula is C24H28F2N2O6. The van der Waals surface area contributed by atoms with Gasteiger partial charge in [0.2, 0.25) is 5.91 Å². The molecule has 0 saturated carbocycles. The monoisotopic (exact) mass is 478 g/mol. The molecule has 0 saturated heterocycles. The molecule has 0 aliphatic rings. The molecular weight excluding hydrogens is 450 g/mol. The Kier molecular flexibility index (Phi) is 11.5. The molecule has 0 aliphatic heterocycles. The van der Waals surface area contributed by atoms with Gasteiger partial charge in [-0.1, -0.05) is 50.2 Å². The molecule has 1 amide bonds. The molecule has 0 aromatic heterocycles. The van der Waals surface area contributed by atoms with Crippen LogP contribution in [-0.2, 0) is 25.6 Å². The molecule has 8 nitrogen and oxygen atoms in total. The van der Waals surface area contributed by atoms with Crippen LogP contribution in [0.2, 0.25) is 0 Å². The number of nitrogens with two attached hydrogens (primary N) is 1. The number of benzene rings is 2. The van der Waals surface area contributed by atoms with Gasteiger partial charge in [-0.3, -0.25) is 9.59 Å². The number of hydrogen-bond donors (Lipinski definition) is 4. The number of carbonyl (C=O) groups excluding carboxylic acids is 2. The first-order chi connectivity index (χ1) is 16.0. The molecule has 0 heterocycles. The topological polar surface area (TPSA) is 147 Å². The molecule has 0 fully saturated rings. The number of carbonyl (C=O) groups is 4. The van der Waals surface area contributed by atoms with Crippen LogP contribution < -0.4 is 11.1 Å². The van der Waals surface area contributed by atoms with Crippen LogP contribution in [0, 0.1) is 17.6 Å². The summed E-state index contributed by atoms with van der Waals surface area (Å²) in [4.78, 5) is 43.9. The Hall–Kier alpha value is -3.66. The third-order valence-electron chi connectivity index (χ3n) is 4.67. The summed E-state index contributed by atoms with van der Waals surface area (Å²) in [6, 6.07) is 10.5. The second-order valence-electron chi connectivity index (χ2n) is 7.91. The van der Waals surface area contributed by atoms with Crippen molar-refractivity contribution in [3.63, 3.8) is 0 Å². The molecule has 1 unspecified atom stereocenters. The lowest BCUT2D eigenvalue weighted by molar-refractivity contribution is -0.142. The Balaban J connectivity index is 0.000000362. The van der Waals surface area contributed by atoms with Crippen molar-refractivity contribution in [3.05, 3.63) is 71.3 Å². The van der Waals surface area contributed by atoms with Gasteiger partial charge in [0.15, 0.2) is 0 Å². The summed E-state index contributed by atoms with van der Waals surface area (Å²) in [5.74, 6) is -6.64. The maximum atomic E-state index is 13.0. The van der Waals surface area contributed by atoms with E-state index in [1.54, 1.807) is 0 Å². The molecule has 184 valence electrons. The summed E-state index contributed by atoms with van der Waals surface area (Å²) in [6.45, 7) is 3.93. The molecule has 2 rings (SSSR count). The van der Waals surface area contributed by atoms with Gasteiger partial charge in [0, 0.05) is 12.0 Å². The number of aldehydes is 1. The van der Waals surface area contributed by atoms with E-state index in [2.05, 4.69) is 5.32 Å². The second-order valence-corrected chi connectivity index (χ2v) is 7.91. The zero-order valence-electron chi connectivity index (χ0n) is 18.8. The van der Waals surface area contributed by atoms with Gasteiger partial charge in [-0.25, -0.2) is 13.6 Å². The van der Waals surface area contributed by atoms with E-state index >= 15 is 0 Å². The quantitative estimate of drug-likeness (QED) is 0.303. The smallest absolute Gasteiger partial charge is 0.326 e. The lowest BCUT2D eigenvalue weighted by Crippen LogP contribution is -2.49. The molecule has 2 aromatic carbocycles. The van der Waals surface area contributed by atoms with Gasteiger partial charge in [0.1, 0.15) is 29.9 Å². The highest BCUT2D eigenvalue weighted by molar-refractivity contribution is 5.93. The number of hydrogen-bond acceptors (Lipinski definition) is 5. The first kappa shape index (κ1) is 28.4. The molecule has 0 radical (unpaired) electrons. The zero-order valence-corrected chi connectivity index (χ0v) is 18.8. The fourth-order valence-corrected chi connectivity index (χ4v) is 3.00. The number of amides is 1. The molecule has 34 heavy (non-hydrogen) atoms. The van der Waals surface area contributed by atoms with E-state index < -0.39 is 53.0 Å².